The topological polar surface area (TPSA) is 91.8 Å². The highest BCUT2D eigenvalue weighted by Gasteiger charge is 2.05. The van der Waals surface area contributed by atoms with Gasteiger partial charge in [-0.15, -0.1) is 5.10 Å². The summed E-state index contributed by atoms with van der Waals surface area (Å²) in [4.78, 5) is 15.3. The van der Waals surface area contributed by atoms with E-state index in [4.69, 9.17) is 0 Å². The molecule has 1 heterocycles. The predicted molar refractivity (Wildman–Crippen MR) is 93.5 cm³/mol. The molecule has 0 saturated carbocycles. The molecule has 25 heavy (non-hydrogen) atoms. The first kappa shape index (κ1) is 16.3. The van der Waals surface area contributed by atoms with Gasteiger partial charge < -0.3 is 16.0 Å². The molecule has 0 aliphatic rings. The van der Waals surface area contributed by atoms with Crippen molar-refractivity contribution < 1.29 is 9.18 Å². The van der Waals surface area contributed by atoms with Crippen molar-refractivity contribution in [3.05, 3.63) is 60.5 Å². The van der Waals surface area contributed by atoms with Crippen LogP contribution in [0.3, 0.4) is 0 Å². The highest BCUT2D eigenvalue weighted by atomic mass is 19.1. The van der Waals surface area contributed by atoms with Crippen molar-refractivity contribution in [3.63, 3.8) is 0 Å². The first-order chi connectivity index (χ1) is 12.1. The molecule has 3 N–H and O–H groups in total. The minimum atomic E-state index is -0.405. The van der Waals surface area contributed by atoms with Crippen LogP contribution >= 0.6 is 0 Å². The second kappa shape index (κ2) is 7.35. The molecule has 2 aromatic carbocycles. The third-order valence-corrected chi connectivity index (χ3v) is 3.16. The Bertz CT molecular complexity index is 884. The maximum absolute atomic E-state index is 13.7. The molecule has 126 valence electrons. The maximum Gasteiger partial charge on any atom is 0.249 e. The van der Waals surface area contributed by atoms with E-state index in [0.717, 1.165) is 5.69 Å². The van der Waals surface area contributed by atoms with Crippen LogP contribution in [0.25, 0.3) is 0 Å². The molecule has 3 rings (SSSR count). The van der Waals surface area contributed by atoms with Crippen molar-refractivity contribution in [2.45, 2.75) is 6.92 Å². The average Bonchev–Trinajstić information content (AvgIpc) is 2.59. The summed E-state index contributed by atoms with van der Waals surface area (Å²) in [5.41, 5.74) is 1.72. The van der Waals surface area contributed by atoms with Crippen molar-refractivity contribution in [1.29, 1.82) is 0 Å². The van der Waals surface area contributed by atoms with E-state index in [2.05, 4.69) is 31.1 Å². The number of nitrogens with one attached hydrogen (secondary N) is 3. The quantitative estimate of drug-likeness (QED) is 0.660. The number of rotatable bonds is 5. The summed E-state index contributed by atoms with van der Waals surface area (Å²) in [5.74, 6) is 0.0775. The Balaban J connectivity index is 1.71. The lowest BCUT2D eigenvalue weighted by Gasteiger charge is -2.09. The van der Waals surface area contributed by atoms with Gasteiger partial charge in [0.05, 0.1) is 11.9 Å². The molecule has 0 saturated heterocycles. The van der Waals surface area contributed by atoms with Crippen molar-refractivity contribution in [1.82, 2.24) is 15.2 Å². The Morgan fingerprint density at radius 2 is 1.72 bits per heavy atom. The van der Waals surface area contributed by atoms with Crippen molar-refractivity contribution >= 4 is 34.7 Å². The van der Waals surface area contributed by atoms with Gasteiger partial charge in [0.2, 0.25) is 11.9 Å². The van der Waals surface area contributed by atoms with Gasteiger partial charge in [-0.25, -0.2) is 4.39 Å². The summed E-state index contributed by atoms with van der Waals surface area (Å²) in [6, 6.07) is 13.3. The van der Waals surface area contributed by atoms with Gasteiger partial charge in [-0.1, -0.05) is 12.1 Å². The van der Waals surface area contributed by atoms with Crippen LogP contribution in [0.15, 0.2) is 54.7 Å². The van der Waals surface area contributed by atoms with E-state index in [1.54, 1.807) is 42.5 Å². The van der Waals surface area contributed by atoms with Crippen LogP contribution in [0.1, 0.15) is 6.92 Å². The Labute approximate surface area is 143 Å². The van der Waals surface area contributed by atoms with Gasteiger partial charge in [-0.3, -0.25) is 4.79 Å². The standard InChI is InChI=1S/C17H15FN6O/c1-11(25)20-12-6-8-13(9-7-12)21-16-10-19-24-17(23-16)22-15-5-3-2-4-14(15)18/h2-10H,1H3,(H,20,25)(H2,21,22,23,24). The summed E-state index contributed by atoms with van der Waals surface area (Å²) < 4.78 is 13.7. The summed E-state index contributed by atoms with van der Waals surface area (Å²) in [5, 5.41) is 16.2. The molecular weight excluding hydrogens is 323 g/mol. The molecule has 1 aromatic heterocycles. The number of amides is 1. The van der Waals surface area contributed by atoms with E-state index in [-0.39, 0.29) is 17.5 Å². The number of carbonyl (C=O) groups is 1. The molecule has 0 atom stereocenters. The molecule has 0 bridgehead atoms. The van der Waals surface area contributed by atoms with Crippen molar-refractivity contribution in [2.75, 3.05) is 16.0 Å². The lowest BCUT2D eigenvalue weighted by Crippen LogP contribution is -2.05. The summed E-state index contributed by atoms with van der Waals surface area (Å²) >= 11 is 0. The minimum absolute atomic E-state index is 0.135. The fourth-order valence-electron chi connectivity index (χ4n) is 2.09. The Morgan fingerprint density at radius 1 is 1.00 bits per heavy atom. The molecule has 0 aliphatic carbocycles. The average molecular weight is 338 g/mol. The van der Waals surface area contributed by atoms with Gasteiger partial charge in [-0.2, -0.15) is 10.1 Å². The van der Waals surface area contributed by atoms with E-state index in [1.807, 2.05) is 0 Å². The van der Waals surface area contributed by atoms with Crippen molar-refractivity contribution in [3.8, 4) is 0 Å². The van der Waals surface area contributed by atoms with E-state index < -0.39 is 5.82 Å². The zero-order valence-electron chi connectivity index (χ0n) is 13.3. The number of anilines is 5. The van der Waals surface area contributed by atoms with Crippen LogP contribution in [0, 0.1) is 5.82 Å². The molecule has 0 radical (unpaired) electrons. The smallest absolute Gasteiger partial charge is 0.249 e. The number of benzene rings is 2. The normalized spacial score (nSPS) is 10.2. The Kier molecular flexibility index (Phi) is 4.79. The summed E-state index contributed by atoms with van der Waals surface area (Å²) in [6.45, 7) is 1.45. The molecule has 7 nitrogen and oxygen atoms in total. The molecule has 0 aliphatic heterocycles. The second-order valence-corrected chi connectivity index (χ2v) is 5.15. The fourth-order valence-corrected chi connectivity index (χ4v) is 2.09. The molecule has 0 spiro atoms. The molecule has 3 aromatic rings. The maximum atomic E-state index is 13.7. The number of hydrogen-bond acceptors (Lipinski definition) is 6. The number of para-hydroxylation sites is 1. The molecule has 1 amide bonds. The third kappa shape index (κ3) is 4.47. The van der Waals surface area contributed by atoms with Crippen LogP contribution in [-0.4, -0.2) is 21.1 Å². The Hall–Kier alpha value is -3.55. The highest BCUT2D eigenvalue weighted by molar-refractivity contribution is 5.88. The van der Waals surface area contributed by atoms with Gasteiger partial charge in [0.1, 0.15) is 5.82 Å². The zero-order chi connectivity index (χ0) is 17.6. The summed E-state index contributed by atoms with van der Waals surface area (Å²) in [6.07, 6.45) is 1.45. The van der Waals surface area contributed by atoms with Gasteiger partial charge in [-0.05, 0) is 36.4 Å². The molecule has 0 unspecified atom stereocenters. The number of hydrogen-bond donors (Lipinski definition) is 3. The first-order valence-electron chi connectivity index (χ1n) is 7.46. The Morgan fingerprint density at radius 3 is 2.44 bits per heavy atom. The van der Waals surface area contributed by atoms with E-state index in [9.17, 15) is 9.18 Å². The van der Waals surface area contributed by atoms with Crippen LogP contribution in [0.2, 0.25) is 0 Å². The highest BCUT2D eigenvalue weighted by Crippen LogP contribution is 2.20. The van der Waals surface area contributed by atoms with Gasteiger partial charge in [0.25, 0.3) is 0 Å². The second-order valence-electron chi connectivity index (χ2n) is 5.15. The SMILES string of the molecule is CC(=O)Nc1ccc(Nc2cnnc(Nc3ccccc3F)n2)cc1. The van der Waals surface area contributed by atoms with Crippen LogP contribution in [0.5, 0.6) is 0 Å². The first-order valence-corrected chi connectivity index (χ1v) is 7.46. The van der Waals surface area contributed by atoms with Crippen LogP contribution in [-0.2, 0) is 4.79 Å². The number of carbonyl (C=O) groups excluding carboxylic acids is 1. The van der Waals surface area contributed by atoms with Crippen molar-refractivity contribution in [2.24, 2.45) is 0 Å². The third-order valence-electron chi connectivity index (χ3n) is 3.16. The van der Waals surface area contributed by atoms with E-state index >= 15 is 0 Å². The summed E-state index contributed by atoms with van der Waals surface area (Å²) in [7, 11) is 0. The fraction of sp³-hybridized carbons (Fsp3) is 0.0588. The molecule has 0 fully saturated rings. The lowest BCUT2D eigenvalue weighted by atomic mass is 10.3. The van der Waals surface area contributed by atoms with Gasteiger partial charge in [0, 0.05) is 18.3 Å². The monoisotopic (exact) mass is 338 g/mol. The number of halogens is 1. The van der Waals surface area contributed by atoms with Crippen LogP contribution < -0.4 is 16.0 Å². The zero-order valence-corrected chi connectivity index (χ0v) is 13.3. The predicted octanol–water partition coefficient (Wildman–Crippen LogP) is 3.46. The van der Waals surface area contributed by atoms with Crippen LogP contribution in [0.4, 0.5) is 33.2 Å². The number of nitrogens with zero attached hydrogens (tertiary/aromatic N) is 3. The minimum Gasteiger partial charge on any atom is -0.339 e. The van der Waals surface area contributed by atoms with Gasteiger partial charge >= 0.3 is 0 Å². The number of aromatic nitrogens is 3. The largest absolute Gasteiger partial charge is 0.339 e. The van der Waals surface area contributed by atoms with E-state index in [0.29, 0.717) is 11.5 Å². The molecule has 8 heteroatoms. The lowest BCUT2D eigenvalue weighted by molar-refractivity contribution is -0.114. The molecular formula is C17H15FN6O. The van der Waals surface area contributed by atoms with Gasteiger partial charge in [0.15, 0.2) is 5.82 Å². The van der Waals surface area contributed by atoms with E-state index in [1.165, 1.54) is 19.2 Å².